The third-order valence-corrected chi connectivity index (χ3v) is 3.43. The summed E-state index contributed by atoms with van der Waals surface area (Å²) >= 11 is 0. The van der Waals surface area contributed by atoms with Crippen LogP contribution in [-0.4, -0.2) is 37.1 Å². The van der Waals surface area contributed by atoms with Crippen LogP contribution in [0.25, 0.3) is 0 Å². The van der Waals surface area contributed by atoms with Crippen molar-refractivity contribution in [1.29, 1.82) is 0 Å². The summed E-state index contributed by atoms with van der Waals surface area (Å²) in [6.45, 7) is 0. The third kappa shape index (κ3) is 2.04. The number of ketones is 2. The lowest BCUT2D eigenvalue weighted by atomic mass is 9.91. The molecule has 0 radical (unpaired) electrons. The SMILES string of the molecule is O=C1C(=O)[C@](O)(c2ccc(O)c(O)c2)Oc2cc(O)cc(O)c21. The highest BCUT2D eigenvalue weighted by molar-refractivity contribution is 6.47. The topological polar surface area (TPSA) is 145 Å². The monoisotopic (exact) mass is 318 g/mol. The second-order valence-corrected chi connectivity index (χ2v) is 4.95. The van der Waals surface area contributed by atoms with Crippen molar-refractivity contribution in [3.63, 3.8) is 0 Å². The van der Waals surface area contributed by atoms with Gasteiger partial charge in [-0.25, -0.2) is 0 Å². The molecule has 8 heteroatoms. The zero-order valence-corrected chi connectivity index (χ0v) is 11.3. The molecule has 0 fully saturated rings. The first kappa shape index (κ1) is 14.7. The lowest BCUT2D eigenvalue weighted by Gasteiger charge is -2.32. The average Bonchev–Trinajstić information content (AvgIpc) is 2.46. The van der Waals surface area contributed by atoms with Crippen LogP contribution in [0.4, 0.5) is 0 Å². The molecule has 1 aliphatic rings. The number of carbonyl (C=O) groups is 2. The fourth-order valence-corrected chi connectivity index (χ4v) is 2.29. The van der Waals surface area contributed by atoms with Gasteiger partial charge in [0.25, 0.3) is 5.78 Å². The van der Waals surface area contributed by atoms with Gasteiger partial charge in [-0.05, 0) is 18.2 Å². The van der Waals surface area contributed by atoms with E-state index in [1.54, 1.807) is 0 Å². The minimum atomic E-state index is -2.77. The van der Waals surface area contributed by atoms with Crippen molar-refractivity contribution in [3.05, 3.63) is 41.5 Å². The van der Waals surface area contributed by atoms with Crippen LogP contribution >= 0.6 is 0 Å². The van der Waals surface area contributed by atoms with E-state index in [1.807, 2.05) is 0 Å². The second kappa shape index (κ2) is 4.62. The van der Waals surface area contributed by atoms with E-state index in [1.165, 1.54) is 0 Å². The minimum absolute atomic E-state index is 0.306. The molecule has 1 aliphatic heterocycles. The molecule has 0 bridgehead atoms. The zero-order valence-electron chi connectivity index (χ0n) is 11.3. The minimum Gasteiger partial charge on any atom is -0.508 e. The van der Waals surface area contributed by atoms with Crippen molar-refractivity contribution < 1.29 is 39.9 Å². The molecule has 1 atom stereocenters. The molecule has 0 saturated heterocycles. The number of rotatable bonds is 1. The van der Waals surface area contributed by atoms with Crippen molar-refractivity contribution in [3.8, 4) is 28.7 Å². The molecular weight excluding hydrogens is 308 g/mol. The van der Waals surface area contributed by atoms with Crippen LogP contribution in [0, 0.1) is 0 Å². The number of benzene rings is 2. The van der Waals surface area contributed by atoms with Gasteiger partial charge in [-0.3, -0.25) is 9.59 Å². The van der Waals surface area contributed by atoms with Crippen LogP contribution in [0.2, 0.25) is 0 Å². The third-order valence-electron chi connectivity index (χ3n) is 3.43. The Hall–Kier alpha value is -3.26. The van der Waals surface area contributed by atoms with Crippen molar-refractivity contribution >= 4 is 11.6 Å². The van der Waals surface area contributed by atoms with Gasteiger partial charge in [0.2, 0.25) is 5.78 Å². The summed E-state index contributed by atoms with van der Waals surface area (Å²) in [5.74, 6) is -8.03. The normalized spacial score (nSPS) is 20.0. The second-order valence-electron chi connectivity index (χ2n) is 4.95. The Morgan fingerprint density at radius 2 is 1.57 bits per heavy atom. The number of phenols is 4. The smallest absolute Gasteiger partial charge is 0.303 e. The maximum absolute atomic E-state index is 12.2. The quantitative estimate of drug-likeness (QED) is 0.377. The fourth-order valence-electron chi connectivity index (χ4n) is 2.29. The molecule has 0 unspecified atom stereocenters. The Balaban J connectivity index is 2.19. The van der Waals surface area contributed by atoms with E-state index in [-0.39, 0.29) is 5.56 Å². The molecule has 0 saturated carbocycles. The zero-order chi connectivity index (χ0) is 16.9. The molecule has 0 aromatic heterocycles. The van der Waals surface area contributed by atoms with Crippen molar-refractivity contribution in [2.45, 2.75) is 5.79 Å². The number of hydrogen-bond donors (Lipinski definition) is 5. The summed E-state index contributed by atoms with van der Waals surface area (Å²) in [5, 5.41) is 48.4. The number of hydrogen-bond acceptors (Lipinski definition) is 8. The number of fused-ring (bicyclic) bond motifs is 1. The lowest BCUT2D eigenvalue weighted by molar-refractivity contribution is -0.173. The molecule has 8 nitrogen and oxygen atoms in total. The molecule has 0 amide bonds. The molecule has 1 heterocycles. The van der Waals surface area contributed by atoms with Gasteiger partial charge in [0.05, 0.1) is 0 Å². The maximum atomic E-state index is 12.2. The molecule has 5 N–H and O–H groups in total. The largest absolute Gasteiger partial charge is 0.508 e. The lowest BCUT2D eigenvalue weighted by Crippen LogP contribution is -2.48. The number of ether oxygens (including phenoxy) is 1. The van der Waals surface area contributed by atoms with Gasteiger partial charge in [-0.15, -0.1) is 0 Å². The molecular formula is C15H10O8. The van der Waals surface area contributed by atoms with Gasteiger partial charge in [0, 0.05) is 17.7 Å². The predicted octanol–water partition coefficient (Wildman–Crippen LogP) is 0.498. The number of aromatic hydroxyl groups is 4. The Morgan fingerprint density at radius 3 is 2.22 bits per heavy atom. The van der Waals surface area contributed by atoms with E-state index >= 15 is 0 Å². The summed E-state index contributed by atoms with van der Waals surface area (Å²) in [6.07, 6.45) is 0. The van der Waals surface area contributed by atoms with E-state index in [0.29, 0.717) is 0 Å². The standard InChI is InChI=1S/C15H10O8/c16-7-4-10(19)12-11(5-7)23-15(22,14(21)13(12)20)6-1-2-8(17)9(18)3-6/h1-5,16-19,22H/t15-/m0/s1. The average molecular weight is 318 g/mol. The molecule has 2 aromatic rings. The van der Waals surface area contributed by atoms with Gasteiger partial charge < -0.3 is 30.3 Å². The molecule has 118 valence electrons. The van der Waals surface area contributed by atoms with Crippen LogP contribution < -0.4 is 4.74 Å². The molecule has 0 aliphatic carbocycles. The number of Topliss-reactive ketones (excluding diaryl/α,β-unsaturated/α-hetero) is 2. The van der Waals surface area contributed by atoms with E-state index in [0.717, 1.165) is 30.3 Å². The van der Waals surface area contributed by atoms with Crippen LogP contribution in [0.1, 0.15) is 15.9 Å². The first-order valence-electron chi connectivity index (χ1n) is 6.33. The van der Waals surface area contributed by atoms with E-state index < -0.39 is 51.7 Å². The van der Waals surface area contributed by atoms with E-state index in [9.17, 15) is 35.1 Å². The Labute approximate surface area is 128 Å². The van der Waals surface area contributed by atoms with E-state index in [2.05, 4.69) is 0 Å². The van der Waals surface area contributed by atoms with Gasteiger partial charge >= 0.3 is 5.79 Å². The summed E-state index contributed by atoms with van der Waals surface area (Å²) < 4.78 is 5.12. The predicted molar refractivity (Wildman–Crippen MR) is 73.4 cm³/mol. The maximum Gasteiger partial charge on any atom is 0.303 e. The summed E-state index contributed by atoms with van der Waals surface area (Å²) in [5.41, 5.74) is -0.792. The summed E-state index contributed by atoms with van der Waals surface area (Å²) in [7, 11) is 0. The molecule has 23 heavy (non-hydrogen) atoms. The van der Waals surface area contributed by atoms with Crippen molar-refractivity contribution in [1.82, 2.24) is 0 Å². The van der Waals surface area contributed by atoms with Crippen LogP contribution in [-0.2, 0) is 10.6 Å². The Bertz CT molecular complexity index is 857. The highest BCUT2D eigenvalue weighted by Gasteiger charge is 2.51. The Kier molecular flexibility index (Phi) is 2.94. The number of phenolic OH excluding ortho intramolecular Hbond substituents is 4. The first-order valence-corrected chi connectivity index (χ1v) is 6.33. The number of aliphatic hydroxyl groups is 1. The van der Waals surface area contributed by atoms with E-state index in [4.69, 9.17) is 4.74 Å². The van der Waals surface area contributed by atoms with Gasteiger partial charge in [0.1, 0.15) is 22.8 Å². The molecule has 0 spiro atoms. The highest BCUT2D eigenvalue weighted by atomic mass is 16.6. The summed E-state index contributed by atoms with van der Waals surface area (Å²) in [4.78, 5) is 24.3. The van der Waals surface area contributed by atoms with Gasteiger partial charge in [0.15, 0.2) is 11.5 Å². The molecule has 3 rings (SSSR count). The number of carbonyl (C=O) groups excluding carboxylic acids is 2. The highest BCUT2D eigenvalue weighted by Crippen LogP contribution is 2.43. The molecule has 2 aromatic carbocycles. The van der Waals surface area contributed by atoms with Gasteiger partial charge in [-0.2, -0.15) is 0 Å². The van der Waals surface area contributed by atoms with Crippen LogP contribution in [0.3, 0.4) is 0 Å². The van der Waals surface area contributed by atoms with Crippen LogP contribution in [0.5, 0.6) is 28.7 Å². The van der Waals surface area contributed by atoms with Gasteiger partial charge in [-0.1, -0.05) is 0 Å². The fraction of sp³-hybridized carbons (Fsp3) is 0.0667. The summed E-state index contributed by atoms with van der Waals surface area (Å²) in [6, 6.07) is 4.73. The van der Waals surface area contributed by atoms with Crippen molar-refractivity contribution in [2.75, 3.05) is 0 Å². The first-order chi connectivity index (χ1) is 10.7. The van der Waals surface area contributed by atoms with Crippen LogP contribution in [0.15, 0.2) is 30.3 Å². The van der Waals surface area contributed by atoms with Crippen molar-refractivity contribution in [2.24, 2.45) is 0 Å². The Morgan fingerprint density at radius 1 is 0.870 bits per heavy atom.